The number of likely N-dealkylation sites (tertiary alicyclic amines) is 1. The van der Waals surface area contributed by atoms with E-state index in [0.29, 0.717) is 58.6 Å². The van der Waals surface area contributed by atoms with Gasteiger partial charge in [-0.2, -0.15) is 0 Å². The molecule has 6 aromatic rings. The molecule has 31 nitrogen and oxygen atoms in total. The number of unbranched alkanes of at least 4 members (excludes halogenated alkanes) is 1. The van der Waals surface area contributed by atoms with Gasteiger partial charge < -0.3 is 91.0 Å². The first-order valence-corrected chi connectivity index (χ1v) is 36.9. The van der Waals surface area contributed by atoms with Crippen molar-refractivity contribution in [2.24, 2.45) is 23.1 Å². The molecule has 1 saturated heterocycles. The Hall–Kier alpha value is -11.6. The second-order valence-corrected chi connectivity index (χ2v) is 28.4. The van der Waals surface area contributed by atoms with E-state index in [2.05, 4.69) is 68.8 Å². The van der Waals surface area contributed by atoms with Crippen LogP contribution >= 0.6 is 11.6 Å². The largest absolute Gasteiger partial charge is 0.394 e. The van der Waals surface area contributed by atoms with E-state index in [1.807, 2.05) is 56.3 Å². The molecular formula is C78H100ClN17O14. The van der Waals surface area contributed by atoms with Crippen molar-refractivity contribution in [2.75, 3.05) is 30.3 Å². The van der Waals surface area contributed by atoms with Crippen molar-refractivity contribution in [3.63, 3.8) is 0 Å². The van der Waals surface area contributed by atoms with Crippen LogP contribution in [0.5, 0.6) is 0 Å². The minimum Gasteiger partial charge on any atom is -0.394 e. The summed E-state index contributed by atoms with van der Waals surface area (Å²) in [5, 5.41) is 45.8. The number of urea groups is 2. The standard InChI is InChI=1S/C78H100ClN17O14/c1-44(2)35-59(68(100)89-58(16-9-10-33-84-45(3)4)76(108)96-34-12-17-66(96)75(107)85-46(5)67(80)99)90-70(102)62(38-49-21-28-56(29-22-49)87-77(81)109)92-72(104)63(39-50-23-30-57(31-24-50)88-78(82)110)94-74(106)65(43-97)95-73(105)64(41-52-13-11-32-83-42-52)93-71(103)61(37-48-19-26-55(79)27-20-48)91-69(101)60(86-47(6)98)40-51-18-25-53-14-7-8-15-54(53)36-51/h7-8,11,13-15,18-32,36,42,44-46,58-66,84,97H,9-10,12,16-17,33-35,37-41,43H2,1-6H3,(H2,80,99)(H,85,107)(H,86,98)(H,89,100)(H,90,102)(H,91,101)(H,92,104)(H,93,103)(H,94,106)(H,95,105)(H3,81,87,109)(H3,82,88,110)/t46-,58+,59+,60-,61-,62-,63+,64-,65+,66+/m1/s1. The van der Waals surface area contributed by atoms with Gasteiger partial charge in [-0.05, 0) is 139 Å². The summed E-state index contributed by atoms with van der Waals surface area (Å²) in [6.07, 6.45) is 3.72. The van der Waals surface area contributed by atoms with Crippen molar-refractivity contribution in [3.05, 3.63) is 173 Å². The van der Waals surface area contributed by atoms with Gasteiger partial charge in [-0.1, -0.05) is 124 Å². The molecule has 0 saturated carbocycles. The van der Waals surface area contributed by atoms with E-state index in [0.717, 1.165) is 10.8 Å². The summed E-state index contributed by atoms with van der Waals surface area (Å²) >= 11 is 6.25. The van der Waals surface area contributed by atoms with Crippen LogP contribution in [0.2, 0.25) is 5.02 Å². The highest BCUT2D eigenvalue weighted by Crippen LogP contribution is 2.23. The predicted molar refractivity (Wildman–Crippen MR) is 414 cm³/mol. The Morgan fingerprint density at radius 2 is 0.945 bits per heavy atom. The first-order chi connectivity index (χ1) is 52.4. The predicted octanol–water partition coefficient (Wildman–Crippen LogP) is 2.47. The third-order valence-corrected chi connectivity index (χ3v) is 18.4. The summed E-state index contributed by atoms with van der Waals surface area (Å²) < 4.78 is 0. The Balaban J connectivity index is 1.18. The summed E-state index contributed by atoms with van der Waals surface area (Å²) in [7, 11) is 0. The smallest absolute Gasteiger partial charge is 0.316 e. The van der Waals surface area contributed by atoms with Crippen LogP contribution < -0.4 is 81.0 Å². The Labute approximate surface area is 643 Å². The highest BCUT2D eigenvalue weighted by molar-refractivity contribution is 6.30. The Bertz CT molecular complexity index is 4190. The minimum absolute atomic E-state index is 0.000740. The molecule has 1 fully saturated rings. The number of primary amides is 3. The highest BCUT2D eigenvalue weighted by atomic mass is 35.5. The van der Waals surface area contributed by atoms with Crippen molar-refractivity contribution in [1.29, 1.82) is 0 Å². The van der Waals surface area contributed by atoms with Crippen molar-refractivity contribution in [2.45, 2.75) is 179 Å². The molecule has 1 aliphatic heterocycles. The number of carbonyl (C=O) groups is 13. The number of fused-ring (bicyclic) bond motifs is 1. The van der Waals surface area contributed by atoms with Crippen LogP contribution in [0.25, 0.3) is 10.8 Å². The molecule has 1 aromatic heterocycles. The molecule has 588 valence electrons. The van der Waals surface area contributed by atoms with E-state index >= 15 is 9.59 Å². The molecule has 7 rings (SSSR count). The van der Waals surface area contributed by atoms with Gasteiger partial charge in [0.25, 0.3) is 0 Å². The monoisotopic (exact) mass is 1530 g/mol. The summed E-state index contributed by atoms with van der Waals surface area (Å²) in [6, 6.07) is 19.3. The number of hydrogen-bond donors (Lipinski definition) is 16. The summed E-state index contributed by atoms with van der Waals surface area (Å²) in [4.78, 5) is 187. The van der Waals surface area contributed by atoms with E-state index in [1.54, 1.807) is 50.2 Å². The lowest BCUT2D eigenvalue weighted by molar-refractivity contribution is -0.142. The number of halogens is 1. The van der Waals surface area contributed by atoms with E-state index in [4.69, 9.17) is 28.8 Å². The van der Waals surface area contributed by atoms with Gasteiger partial charge in [0.05, 0.1) is 6.61 Å². The maximum Gasteiger partial charge on any atom is 0.316 e. The Kier molecular flexibility index (Phi) is 32.9. The lowest BCUT2D eigenvalue weighted by Gasteiger charge is -2.31. The highest BCUT2D eigenvalue weighted by Gasteiger charge is 2.40. The molecule has 1 aliphatic rings. The summed E-state index contributed by atoms with van der Waals surface area (Å²) in [5.74, 6) is -9.26. The van der Waals surface area contributed by atoms with Crippen LogP contribution in [0.4, 0.5) is 21.0 Å². The van der Waals surface area contributed by atoms with Gasteiger partial charge in [0.2, 0.25) is 65.0 Å². The van der Waals surface area contributed by atoms with Gasteiger partial charge in [0.15, 0.2) is 0 Å². The number of aliphatic hydroxyl groups excluding tert-OH is 1. The second kappa shape index (κ2) is 42.3. The summed E-state index contributed by atoms with van der Waals surface area (Å²) in [6.45, 7) is 9.88. The number of benzene rings is 5. The molecular weight excluding hydrogens is 1430 g/mol. The van der Waals surface area contributed by atoms with Crippen LogP contribution in [0.3, 0.4) is 0 Å². The van der Waals surface area contributed by atoms with Crippen LogP contribution in [0, 0.1) is 5.92 Å². The first-order valence-electron chi connectivity index (χ1n) is 36.5. The maximum atomic E-state index is 15.3. The Morgan fingerprint density at radius 1 is 0.500 bits per heavy atom. The van der Waals surface area contributed by atoms with Crippen LogP contribution in [-0.4, -0.2) is 178 Å². The fraction of sp³-hybridized carbons (Fsp3) is 0.410. The van der Waals surface area contributed by atoms with E-state index in [1.165, 1.54) is 79.7 Å². The number of carbonyl (C=O) groups excluding carboxylic acids is 13. The Morgan fingerprint density at radius 3 is 1.42 bits per heavy atom. The van der Waals surface area contributed by atoms with Crippen LogP contribution in [0.15, 0.2) is 140 Å². The molecule has 0 bridgehead atoms. The van der Waals surface area contributed by atoms with Crippen molar-refractivity contribution in [1.82, 2.24) is 63.1 Å². The third kappa shape index (κ3) is 27.6. The van der Waals surface area contributed by atoms with Gasteiger partial charge in [-0.25, -0.2) is 9.59 Å². The normalized spacial score (nSPS) is 15.0. The molecule has 0 spiro atoms. The lowest BCUT2D eigenvalue weighted by atomic mass is 9.99. The SMILES string of the molecule is CC(=O)N[C@H](Cc1ccc2ccccc2c1)C(=O)N[C@H](Cc1ccc(Cl)cc1)C(=O)N[C@H](Cc1cccnc1)C(=O)N[C@@H](CO)C(=O)N[C@@H](Cc1ccc(NC(N)=O)cc1)C(=O)N[C@H](Cc1ccc(NC(N)=O)cc1)C(=O)N[C@@H](CC(C)C)C(=O)N[C@@H](CCCCNC(C)C)C(=O)N1CCC[C@H]1C(=O)N[C@H](C)C(N)=O. The van der Waals surface area contributed by atoms with Crippen molar-refractivity contribution >= 4 is 111 Å². The van der Waals surface area contributed by atoms with Gasteiger partial charge in [-0.15, -0.1) is 0 Å². The number of anilines is 2. The molecule has 0 radical (unpaired) electrons. The number of aromatic nitrogens is 1. The number of pyridine rings is 1. The fourth-order valence-electron chi connectivity index (χ4n) is 12.5. The topological polar surface area (TPSA) is 481 Å². The quantitative estimate of drug-likeness (QED) is 0.0246. The van der Waals surface area contributed by atoms with Gasteiger partial charge in [-0.3, -0.25) is 57.7 Å². The van der Waals surface area contributed by atoms with E-state index < -0.39 is 144 Å². The molecule has 2 heterocycles. The molecule has 5 aromatic carbocycles. The number of hydrogen-bond acceptors (Lipinski definition) is 16. The van der Waals surface area contributed by atoms with Crippen molar-refractivity contribution in [3.8, 4) is 0 Å². The summed E-state index contributed by atoms with van der Waals surface area (Å²) in [5.41, 5.74) is 19.2. The zero-order chi connectivity index (χ0) is 80.1. The third-order valence-electron chi connectivity index (χ3n) is 18.2. The van der Waals surface area contributed by atoms with E-state index in [-0.39, 0.29) is 81.2 Å². The van der Waals surface area contributed by atoms with E-state index in [9.17, 15) is 57.8 Å². The molecule has 32 heteroatoms. The number of nitrogens with zero attached hydrogens (tertiary/aromatic N) is 2. The number of amides is 15. The number of aliphatic hydroxyl groups is 1. The average molecular weight is 1540 g/mol. The zero-order valence-electron chi connectivity index (χ0n) is 62.4. The first kappa shape index (κ1) is 85.7. The van der Waals surface area contributed by atoms with Crippen molar-refractivity contribution < 1.29 is 67.4 Å². The molecule has 0 aliphatic carbocycles. The maximum absolute atomic E-state index is 15.3. The fourth-order valence-corrected chi connectivity index (χ4v) is 12.6. The lowest BCUT2D eigenvalue weighted by Crippen LogP contribution is -2.62. The van der Waals surface area contributed by atoms with Crippen LogP contribution in [0.1, 0.15) is 108 Å². The van der Waals surface area contributed by atoms with Gasteiger partial charge in [0, 0.05) is 80.4 Å². The molecule has 10 atom stereocenters. The number of rotatable bonds is 40. The van der Waals surface area contributed by atoms with Gasteiger partial charge >= 0.3 is 12.1 Å². The second-order valence-electron chi connectivity index (χ2n) is 28.0. The molecule has 19 N–H and O–H groups in total. The number of nitrogens with two attached hydrogens (primary N) is 3. The molecule has 15 amide bonds. The zero-order valence-corrected chi connectivity index (χ0v) is 63.1. The number of nitrogens with one attached hydrogen (secondary N) is 12. The minimum atomic E-state index is -1.88. The van der Waals surface area contributed by atoms with Gasteiger partial charge in [0.1, 0.15) is 60.4 Å². The molecule has 0 unspecified atom stereocenters. The molecule has 110 heavy (non-hydrogen) atoms. The van der Waals surface area contributed by atoms with Crippen LogP contribution in [-0.2, 0) is 84.8 Å². The average Bonchev–Trinajstić information content (AvgIpc) is 1.17.